The molecule has 0 saturated heterocycles. The molecule has 2 atom stereocenters. The third-order valence-electron chi connectivity index (χ3n) is 11.0. The van der Waals surface area contributed by atoms with Gasteiger partial charge in [0.15, 0.2) is 0 Å². The standard InChI is InChI=1S/C50H93NO5S/c1-3-5-7-9-11-13-15-17-19-21-23-25-27-29-31-33-35-37-39-41-43-45-49(52)48(47-57(54,55)56)51-50(53)46-44-42-40-38-36-34-32-30-28-26-24-22-20-18-16-14-12-10-8-6-4-2/h6,8,12,14,18,20,24,26,48-49,52H,3-5,7,9-11,13,15-17,19,21-23,25,27-47H2,1-2H3,(H,51,53)(H,54,55,56)/b8-6-,14-12-,20-18-,26-24-. The topological polar surface area (TPSA) is 104 Å². The van der Waals surface area contributed by atoms with Crippen LogP contribution in [0.1, 0.15) is 245 Å². The van der Waals surface area contributed by atoms with Crippen molar-refractivity contribution in [2.45, 2.75) is 257 Å². The van der Waals surface area contributed by atoms with Gasteiger partial charge >= 0.3 is 0 Å². The maximum atomic E-state index is 12.6. The SMILES string of the molecule is CC/C=C\C/C=C\C/C=C\C/C=C\CCCCCCCCCCC(=O)NC(CS(=O)(=O)O)C(O)CCCCCCCCCCCCCCCCCCCCCCC. The van der Waals surface area contributed by atoms with Gasteiger partial charge in [-0.2, -0.15) is 8.42 Å². The Hall–Kier alpha value is -1.70. The average Bonchev–Trinajstić information content (AvgIpc) is 3.18. The van der Waals surface area contributed by atoms with Crippen LogP contribution in [0.25, 0.3) is 0 Å². The van der Waals surface area contributed by atoms with E-state index in [1.54, 1.807) is 0 Å². The molecule has 334 valence electrons. The molecule has 0 aliphatic carbocycles. The number of allylic oxidation sites excluding steroid dienone is 8. The molecule has 0 aromatic heterocycles. The molecule has 6 nitrogen and oxygen atoms in total. The zero-order valence-corrected chi connectivity index (χ0v) is 38.3. The lowest BCUT2D eigenvalue weighted by molar-refractivity contribution is -0.122. The fourth-order valence-corrected chi connectivity index (χ4v) is 8.21. The van der Waals surface area contributed by atoms with E-state index in [0.29, 0.717) is 12.8 Å². The first-order valence-electron chi connectivity index (χ1n) is 24.3. The van der Waals surface area contributed by atoms with Crippen molar-refractivity contribution < 1.29 is 22.9 Å². The van der Waals surface area contributed by atoms with Crippen LogP contribution in [0, 0.1) is 0 Å². The largest absolute Gasteiger partial charge is 0.391 e. The lowest BCUT2D eigenvalue weighted by Gasteiger charge is -2.23. The number of nitrogens with one attached hydrogen (secondary N) is 1. The van der Waals surface area contributed by atoms with Gasteiger partial charge in [-0.3, -0.25) is 9.35 Å². The van der Waals surface area contributed by atoms with Crippen LogP contribution >= 0.6 is 0 Å². The van der Waals surface area contributed by atoms with E-state index in [2.05, 4.69) is 67.8 Å². The summed E-state index contributed by atoms with van der Waals surface area (Å²) in [4.78, 5) is 12.6. The third-order valence-corrected chi connectivity index (χ3v) is 11.8. The highest BCUT2D eigenvalue weighted by Gasteiger charge is 2.26. The summed E-state index contributed by atoms with van der Waals surface area (Å²) in [6.45, 7) is 4.44. The van der Waals surface area contributed by atoms with Crippen LogP contribution < -0.4 is 5.32 Å². The van der Waals surface area contributed by atoms with Crippen molar-refractivity contribution in [2.75, 3.05) is 5.75 Å². The average molecular weight is 820 g/mol. The van der Waals surface area contributed by atoms with Crippen LogP contribution in [0.2, 0.25) is 0 Å². The van der Waals surface area contributed by atoms with Crippen molar-refractivity contribution in [1.29, 1.82) is 0 Å². The minimum absolute atomic E-state index is 0.252. The zero-order valence-electron chi connectivity index (χ0n) is 37.5. The smallest absolute Gasteiger partial charge is 0.266 e. The molecule has 0 aromatic rings. The second-order valence-electron chi connectivity index (χ2n) is 16.7. The predicted molar refractivity (Wildman–Crippen MR) is 248 cm³/mol. The van der Waals surface area contributed by atoms with E-state index in [0.717, 1.165) is 77.0 Å². The Morgan fingerprint density at radius 3 is 1.25 bits per heavy atom. The molecule has 57 heavy (non-hydrogen) atoms. The van der Waals surface area contributed by atoms with Gasteiger partial charge in [0.05, 0.1) is 17.9 Å². The molecule has 0 radical (unpaired) electrons. The Bertz CT molecular complexity index is 1080. The normalized spacial score (nSPS) is 13.5. The summed E-state index contributed by atoms with van der Waals surface area (Å²) in [5, 5.41) is 13.4. The first-order chi connectivity index (χ1) is 27.8. The number of rotatable bonds is 44. The molecule has 0 spiro atoms. The molecule has 3 N–H and O–H groups in total. The minimum Gasteiger partial charge on any atom is -0.391 e. The molecule has 0 fully saturated rings. The minimum atomic E-state index is -4.32. The van der Waals surface area contributed by atoms with Crippen LogP contribution in [0.15, 0.2) is 48.6 Å². The van der Waals surface area contributed by atoms with E-state index in [9.17, 15) is 22.9 Å². The number of carbonyl (C=O) groups is 1. The van der Waals surface area contributed by atoms with Gasteiger partial charge in [0.1, 0.15) is 0 Å². The predicted octanol–water partition coefficient (Wildman–Crippen LogP) is 15.0. The summed E-state index contributed by atoms with van der Waals surface area (Å²) < 4.78 is 32.7. The quantitative estimate of drug-likeness (QED) is 0.0323. The summed E-state index contributed by atoms with van der Waals surface area (Å²) in [6, 6.07) is -0.978. The van der Waals surface area contributed by atoms with E-state index in [1.165, 1.54) is 141 Å². The summed E-state index contributed by atoms with van der Waals surface area (Å²) in [5.74, 6) is -0.904. The van der Waals surface area contributed by atoms with Crippen LogP contribution in [-0.2, 0) is 14.9 Å². The molecule has 0 heterocycles. The maximum Gasteiger partial charge on any atom is 0.266 e. The molecule has 0 aliphatic heterocycles. The molecule has 1 amide bonds. The Morgan fingerprint density at radius 2 is 0.842 bits per heavy atom. The van der Waals surface area contributed by atoms with E-state index >= 15 is 0 Å². The van der Waals surface area contributed by atoms with Crippen molar-refractivity contribution in [3.05, 3.63) is 48.6 Å². The number of carbonyl (C=O) groups excluding carboxylic acids is 1. The molecular formula is C50H93NO5S. The van der Waals surface area contributed by atoms with Crippen molar-refractivity contribution in [2.24, 2.45) is 0 Å². The number of amides is 1. The molecule has 0 aliphatic rings. The number of aliphatic hydroxyl groups excluding tert-OH is 1. The van der Waals surface area contributed by atoms with Gasteiger partial charge in [-0.25, -0.2) is 0 Å². The molecule has 0 rings (SSSR count). The molecule has 0 aromatic carbocycles. The van der Waals surface area contributed by atoms with Crippen molar-refractivity contribution in [3.8, 4) is 0 Å². The van der Waals surface area contributed by atoms with Gasteiger partial charge in [-0.05, 0) is 51.4 Å². The highest BCUT2D eigenvalue weighted by atomic mass is 32.2. The van der Waals surface area contributed by atoms with Gasteiger partial charge in [0, 0.05) is 6.42 Å². The van der Waals surface area contributed by atoms with E-state index in [-0.39, 0.29) is 5.91 Å². The summed E-state index contributed by atoms with van der Waals surface area (Å²) >= 11 is 0. The van der Waals surface area contributed by atoms with E-state index < -0.39 is 28.0 Å². The van der Waals surface area contributed by atoms with Crippen molar-refractivity contribution >= 4 is 16.0 Å². The fourth-order valence-electron chi connectivity index (χ4n) is 7.45. The Balaban J connectivity index is 3.79. The monoisotopic (exact) mass is 820 g/mol. The molecule has 0 saturated carbocycles. The summed E-state index contributed by atoms with van der Waals surface area (Å²) in [5.41, 5.74) is 0. The van der Waals surface area contributed by atoms with Gasteiger partial charge in [0.2, 0.25) is 5.91 Å². The number of hydrogen-bond acceptors (Lipinski definition) is 4. The van der Waals surface area contributed by atoms with Gasteiger partial charge in [-0.15, -0.1) is 0 Å². The van der Waals surface area contributed by atoms with Crippen LogP contribution in [0.5, 0.6) is 0 Å². The lowest BCUT2D eigenvalue weighted by atomic mass is 10.0. The van der Waals surface area contributed by atoms with Gasteiger partial charge < -0.3 is 10.4 Å². The summed E-state index contributed by atoms with van der Waals surface area (Å²) in [6.07, 6.45) is 59.3. The Labute approximate surface area is 354 Å². The number of unbranched alkanes of at least 4 members (excludes halogenated alkanes) is 28. The van der Waals surface area contributed by atoms with E-state index in [4.69, 9.17) is 0 Å². The summed E-state index contributed by atoms with van der Waals surface area (Å²) in [7, 11) is -4.32. The van der Waals surface area contributed by atoms with Gasteiger partial charge in [0.25, 0.3) is 10.1 Å². The number of hydrogen-bond donors (Lipinski definition) is 3. The molecule has 7 heteroatoms. The third kappa shape index (κ3) is 45.2. The lowest BCUT2D eigenvalue weighted by Crippen LogP contribution is -2.47. The molecular weight excluding hydrogens is 727 g/mol. The van der Waals surface area contributed by atoms with Crippen LogP contribution in [0.3, 0.4) is 0 Å². The molecule has 0 bridgehead atoms. The van der Waals surface area contributed by atoms with E-state index in [1.807, 2.05) is 0 Å². The Morgan fingerprint density at radius 1 is 0.491 bits per heavy atom. The van der Waals surface area contributed by atoms with Crippen molar-refractivity contribution in [1.82, 2.24) is 5.32 Å². The first-order valence-corrected chi connectivity index (χ1v) is 25.9. The second kappa shape index (κ2) is 43.9. The first kappa shape index (κ1) is 55.3. The molecule has 2 unspecified atom stereocenters. The van der Waals surface area contributed by atoms with Crippen molar-refractivity contribution in [3.63, 3.8) is 0 Å². The van der Waals surface area contributed by atoms with Crippen LogP contribution in [-0.4, -0.2) is 41.9 Å². The number of aliphatic hydroxyl groups is 1. The highest BCUT2D eigenvalue weighted by molar-refractivity contribution is 7.85. The second-order valence-corrected chi connectivity index (χ2v) is 18.2. The fraction of sp³-hybridized carbons (Fsp3) is 0.820. The zero-order chi connectivity index (χ0) is 41.8. The Kier molecular flexibility index (Phi) is 42.6. The maximum absolute atomic E-state index is 12.6. The van der Waals surface area contributed by atoms with Crippen LogP contribution in [0.4, 0.5) is 0 Å². The van der Waals surface area contributed by atoms with Gasteiger partial charge in [-0.1, -0.05) is 236 Å². The highest BCUT2D eigenvalue weighted by Crippen LogP contribution is 2.17.